The lowest BCUT2D eigenvalue weighted by atomic mass is 9.54. The number of rotatable bonds is 0. The highest BCUT2D eigenvalue weighted by atomic mass is 16.6. The summed E-state index contributed by atoms with van der Waals surface area (Å²) in [6.45, 7) is 2.40. The third kappa shape index (κ3) is 1.79. The van der Waals surface area contributed by atoms with Crippen molar-refractivity contribution in [1.29, 1.82) is 0 Å². The first kappa shape index (κ1) is 14.9. The van der Waals surface area contributed by atoms with Crippen LogP contribution in [0.5, 0.6) is 0 Å². The summed E-state index contributed by atoms with van der Waals surface area (Å²) >= 11 is 0. The van der Waals surface area contributed by atoms with Crippen molar-refractivity contribution in [3.8, 4) is 0 Å². The Balaban J connectivity index is 1.53. The summed E-state index contributed by atoms with van der Waals surface area (Å²) in [5, 5.41) is 0. The van der Waals surface area contributed by atoms with Crippen LogP contribution in [0, 0.1) is 17.3 Å². The van der Waals surface area contributed by atoms with Crippen LogP contribution >= 0.6 is 0 Å². The number of carbonyl (C=O) groups excluding carboxylic acids is 2. The number of hydrogen-bond acceptors (Lipinski definition) is 3. The molecule has 0 aromatic carbocycles. The number of ether oxygens (including phenoxy) is 1. The van der Waals surface area contributed by atoms with Gasteiger partial charge in [0.1, 0.15) is 5.60 Å². The zero-order valence-electron chi connectivity index (χ0n) is 14.5. The lowest BCUT2D eigenvalue weighted by Crippen LogP contribution is -2.49. The van der Waals surface area contributed by atoms with Crippen LogP contribution in [-0.2, 0) is 14.3 Å². The Morgan fingerprint density at radius 3 is 2.67 bits per heavy atom. The van der Waals surface area contributed by atoms with Crippen molar-refractivity contribution in [3.05, 3.63) is 22.8 Å². The van der Waals surface area contributed by atoms with Gasteiger partial charge in [0, 0.05) is 18.3 Å². The first-order chi connectivity index (χ1) is 11.5. The van der Waals surface area contributed by atoms with Crippen LogP contribution in [0.25, 0.3) is 0 Å². The van der Waals surface area contributed by atoms with Crippen LogP contribution in [0.15, 0.2) is 22.8 Å². The minimum atomic E-state index is -0.177. The molecule has 1 heterocycles. The molecule has 4 aliphatic carbocycles. The molecule has 3 nitrogen and oxygen atoms in total. The largest absolute Gasteiger partial charge is 0.458 e. The van der Waals surface area contributed by atoms with Gasteiger partial charge >= 0.3 is 5.97 Å². The maximum atomic E-state index is 11.9. The highest BCUT2D eigenvalue weighted by molar-refractivity contribution is 5.93. The van der Waals surface area contributed by atoms with Crippen molar-refractivity contribution in [2.24, 2.45) is 17.3 Å². The van der Waals surface area contributed by atoms with Crippen LogP contribution in [0.2, 0.25) is 0 Å². The Hall–Kier alpha value is -1.38. The second-order valence-corrected chi connectivity index (χ2v) is 8.82. The molecule has 2 saturated carbocycles. The normalized spacial score (nSPS) is 44.1. The number of ketones is 1. The molecule has 0 radical (unpaired) electrons. The molecular weight excluding hydrogens is 300 g/mol. The number of esters is 1. The maximum Gasteiger partial charge on any atom is 0.306 e. The van der Waals surface area contributed by atoms with E-state index < -0.39 is 0 Å². The SMILES string of the molecule is C[C@]12CCC3=C4CCC(=O)C=C4CC[C@H]3[C@@H]1CC[C@@]21CCC(=O)O1. The fourth-order valence-corrected chi connectivity index (χ4v) is 6.83. The van der Waals surface area contributed by atoms with Gasteiger partial charge in [-0.25, -0.2) is 0 Å². The Morgan fingerprint density at radius 2 is 1.88 bits per heavy atom. The van der Waals surface area contributed by atoms with Gasteiger partial charge in [-0.2, -0.15) is 0 Å². The van der Waals surface area contributed by atoms with Gasteiger partial charge in [0.05, 0.1) is 0 Å². The molecule has 1 aliphatic heterocycles. The molecule has 24 heavy (non-hydrogen) atoms. The van der Waals surface area contributed by atoms with Crippen molar-refractivity contribution < 1.29 is 14.3 Å². The minimum Gasteiger partial charge on any atom is -0.458 e. The molecule has 1 spiro atoms. The fraction of sp³-hybridized carbons (Fsp3) is 0.714. The van der Waals surface area contributed by atoms with Gasteiger partial charge in [-0.15, -0.1) is 0 Å². The summed E-state index contributed by atoms with van der Waals surface area (Å²) in [5.74, 6) is 1.63. The molecule has 5 aliphatic rings. The van der Waals surface area contributed by atoms with E-state index in [2.05, 4.69) is 6.92 Å². The Labute approximate surface area is 143 Å². The van der Waals surface area contributed by atoms with Crippen molar-refractivity contribution in [2.45, 2.75) is 76.7 Å². The summed E-state index contributed by atoms with van der Waals surface area (Å²) < 4.78 is 5.97. The molecule has 0 aromatic rings. The molecule has 3 fully saturated rings. The van der Waals surface area contributed by atoms with Crippen molar-refractivity contribution in [3.63, 3.8) is 0 Å². The van der Waals surface area contributed by atoms with E-state index in [9.17, 15) is 9.59 Å². The quantitative estimate of drug-likeness (QED) is 0.624. The van der Waals surface area contributed by atoms with Gasteiger partial charge in [0.2, 0.25) is 0 Å². The van der Waals surface area contributed by atoms with Gasteiger partial charge in [0.25, 0.3) is 0 Å². The molecule has 4 atom stereocenters. The average Bonchev–Trinajstić information content (AvgIpc) is 3.08. The van der Waals surface area contributed by atoms with Gasteiger partial charge in [-0.3, -0.25) is 9.59 Å². The molecule has 0 unspecified atom stereocenters. The van der Waals surface area contributed by atoms with Gasteiger partial charge in [-0.05, 0) is 80.4 Å². The van der Waals surface area contributed by atoms with E-state index in [0.29, 0.717) is 30.5 Å². The Morgan fingerprint density at radius 1 is 1.00 bits per heavy atom. The van der Waals surface area contributed by atoms with Crippen LogP contribution < -0.4 is 0 Å². The maximum absolute atomic E-state index is 11.9. The third-order valence-electron chi connectivity index (χ3n) is 8.06. The van der Waals surface area contributed by atoms with Gasteiger partial charge < -0.3 is 4.74 Å². The van der Waals surface area contributed by atoms with Crippen LogP contribution in [0.1, 0.15) is 71.1 Å². The zero-order valence-corrected chi connectivity index (χ0v) is 14.5. The molecule has 0 aromatic heterocycles. The summed E-state index contributed by atoms with van der Waals surface area (Å²) in [6.07, 6.45) is 11.9. The molecule has 1 saturated heterocycles. The average molecular weight is 326 g/mol. The summed E-state index contributed by atoms with van der Waals surface area (Å²) in [5.41, 5.74) is 4.49. The van der Waals surface area contributed by atoms with Crippen molar-refractivity contribution in [2.75, 3.05) is 0 Å². The van der Waals surface area contributed by atoms with Crippen molar-refractivity contribution in [1.82, 2.24) is 0 Å². The number of carbonyl (C=O) groups is 2. The minimum absolute atomic E-state index is 0.0145. The van der Waals surface area contributed by atoms with E-state index in [0.717, 1.165) is 38.5 Å². The van der Waals surface area contributed by atoms with Gasteiger partial charge in [0.15, 0.2) is 5.78 Å². The Bertz CT molecular complexity index is 700. The first-order valence-electron chi connectivity index (χ1n) is 9.70. The molecule has 3 heteroatoms. The molecule has 0 bridgehead atoms. The van der Waals surface area contributed by atoms with E-state index in [4.69, 9.17) is 4.74 Å². The molecule has 0 N–H and O–H groups in total. The number of fused-ring (bicyclic) bond motifs is 5. The summed E-state index contributed by atoms with van der Waals surface area (Å²) in [4.78, 5) is 23.6. The molecular formula is C21H26O3. The van der Waals surface area contributed by atoms with Crippen molar-refractivity contribution >= 4 is 11.8 Å². The third-order valence-corrected chi connectivity index (χ3v) is 8.06. The molecule has 128 valence electrons. The predicted molar refractivity (Wildman–Crippen MR) is 90.2 cm³/mol. The van der Waals surface area contributed by atoms with Crippen LogP contribution in [-0.4, -0.2) is 17.4 Å². The lowest BCUT2D eigenvalue weighted by molar-refractivity contribution is -0.161. The number of hydrogen-bond donors (Lipinski definition) is 0. The van der Waals surface area contributed by atoms with E-state index in [-0.39, 0.29) is 17.0 Å². The zero-order chi connectivity index (χ0) is 16.5. The second kappa shape index (κ2) is 4.83. The fourth-order valence-electron chi connectivity index (χ4n) is 6.83. The lowest BCUT2D eigenvalue weighted by Gasteiger charge is -2.51. The van der Waals surface area contributed by atoms with E-state index in [1.54, 1.807) is 5.57 Å². The van der Waals surface area contributed by atoms with Crippen LogP contribution in [0.4, 0.5) is 0 Å². The topological polar surface area (TPSA) is 43.4 Å². The molecule has 5 rings (SSSR count). The predicted octanol–water partition coefficient (Wildman–Crippen LogP) is 4.27. The summed E-state index contributed by atoms with van der Waals surface area (Å²) in [7, 11) is 0. The van der Waals surface area contributed by atoms with Gasteiger partial charge in [-0.1, -0.05) is 12.5 Å². The van der Waals surface area contributed by atoms with E-state index >= 15 is 0 Å². The molecule has 0 amide bonds. The highest BCUT2D eigenvalue weighted by Gasteiger charge is 2.64. The first-order valence-corrected chi connectivity index (χ1v) is 9.70. The van der Waals surface area contributed by atoms with E-state index in [1.165, 1.54) is 24.0 Å². The van der Waals surface area contributed by atoms with Crippen LogP contribution in [0.3, 0.4) is 0 Å². The highest BCUT2D eigenvalue weighted by Crippen LogP contribution is 2.66. The number of allylic oxidation sites excluding steroid dienone is 4. The smallest absolute Gasteiger partial charge is 0.306 e. The second-order valence-electron chi connectivity index (χ2n) is 8.82. The Kier molecular flexibility index (Phi) is 3.00. The standard InChI is InChI=1S/C21H26O3/c1-20-9-6-16-15-5-3-14(22)12-13(15)2-4-17(16)18(20)7-10-21(20)11-8-19(23)24-21/h12,17-18H,2-11H2,1H3/t17-,18+,20+,21-/m1/s1. The summed E-state index contributed by atoms with van der Waals surface area (Å²) in [6, 6.07) is 0. The van der Waals surface area contributed by atoms with E-state index in [1.807, 2.05) is 6.08 Å². The monoisotopic (exact) mass is 326 g/mol.